The van der Waals surface area contributed by atoms with E-state index in [1.807, 2.05) is 24.3 Å². The van der Waals surface area contributed by atoms with Gasteiger partial charge in [0.05, 0.1) is 0 Å². The van der Waals surface area contributed by atoms with Gasteiger partial charge in [0.25, 0.3) is 0 Å². The molecule has 3 nitrogen and oxygen atoms in total. The van der Waals surface area contributed by atoms with Crippen LogP contribution in [-0.4, -0.2) is 32.4 Å². The topological polar surface area (TPSA) is 30.5 Å². The van der Waals surface area contributed by atoms with Gasteiger partial charge < -0.3 is 14.8 Å². The van der Waals surface area contributed by atoms with Crippen molar-refractivity contribution in [3.63, 3.8) is 0 Å². The van der Waals surface area contributed by atoms with Crippen molar-refractivity contribution in [1.29, 1.82) is 0 Å². The lowest BCUT2D eigenvalue weighted by atomic mass is 9.93. The third kappa shape index (κ3) is 5.13. The van der Waals surface area contributed by atoms with Crippen molar-refractivity contribution in [3.05, 3.63) is 28.7 Å². The molecule has 1 atom stereocenters. The molecule has 1 aliphatic heterocycles. The molecule has 106 valence electrons. The van der Waals surface area contributed by atoms with Gasteiger partial charge in [-0.1, -0.05) is 22.0 Å². The Morgan fingerprint density at radius 3 is 2.95 bits per heavy atom. The van der Waals surface area contributed by atoms with Crippen molar-refractivity contribution in [3.8, 4) is 5.75 Å². The number of hydrogen-bond donors (Lipinski definition) is 1. The summed E-state index contributed by atoms with van der Waals surface area (Å²) in [5.41, 5.74) is 0. The van der Waals surface area contributed by atoms with E-state index >= 15 is 0 Å². The molecule has 2 rings (SSSR count). The molecule has 4 heteroatoms. The quantitative estimate of drug-likeness (QED) is 0.814. The molecule has 0 radical (unpaired) electrons. The van der Waals surface area contributed by atoms with E-state index in [0.717, 1.165) is 35.9 Å². The highest BCUT2D eigenvalue weighted by Gasteiger charge is 2.19. The first-order valence-electron chi connectivity index (χ1n) is 6.95. The average molecular weight is 328 g/mol. The minimum atomic E-state index is 0.537. The molecule has 19 heavy (non-hydrogen) atoms. The largest absolute Gasteiger partial charge is 0.492 e. The molecule has 1 aromatic carbocycles. The summed E-state index contributed by atoms with van der Waals surface area (Å²) in [6.45, 7) is 5.65. The normalized spacial score (nSPS) is 18.2. The maximum absolute atomic E-state index is 5.71. The first-order valence-corrected chi connectivity index (χ1v) is 7.74. The van der Waals surface area contributed by atoms with E-state index in [1.54, 1.807) is 0 Å². The van der Waals surface area contributed by atoms with Crippen LogP contribution in [0.2, 0.25) is 0 Å². The van der Waals surface area contributed by atoms with Gasteiger partial charge in [-0.05, 0) is 43.9 Å². The SMILES string of the molecule is CC(NCCOc1cccc(Br)c1)C1CCOCC1. The predicted molar refractivity (Wildman–Crippen MR) is 80.6 cm³/mol. The number of halogens is 1. The van der Waals surface area contributed by atoms with Crippen LogP contribution in [0, 0.1) is 5.92 Å². The summed E-state index contributed by atoms with van der Waals surface area (Å²) in [7, 11) is 0. The standard InChI is InChI=1S/C15H22BrNO2/c1-12(13-5-8-18-9-6-13)17-7-10-19-15-4-2-3-14(16)11-15/h2-4,11-13,17H,5-10H2,1H3. The minimum Gasteiger partial charge on any atom is -0.492 e. The Labute approximate surface area is 123 Å². The maximum Gasteiger partial charge on any atom is 0.120 e. The van der Waals surface area contributed by atoms with Crippen molar-refractivity contribution in [1.82, 2.24) is 5.32 Å². The van der Waals surface area contributed by atoms with Crippen molar-refractivity contribution >= 4 is 15.9 Å². The van der Waals surface area contributed by atoms with Crippen molar-refractivity contribution < 1.29 is 9.47 Å². The van der Waals surface area contributed by atoms with Gasteiger partial charge >= 0.3 is 0 Å². The lowest BCUT2D eigenvalue weighted by molar-refractivity contribution is 0.0556. The van der Waals surface area contributed by atoms with Gasteiger partial charge in [0.2, 0.25) is 0 Å². The van der Waals surface area contributed by atoms with Gasteiger partial charge in [0, 0.05) is 30.3 Å². The van der Waals surface area contributed by atoms with Crippen molar-refractivity contribution in [2.75, 3.05) is 26.4 Å². The molecule has 1 saturated heterocycles. The lowest BCUT2D eigenvalue weighted by Crippen LogP contribution is -2.38. The van der Waals surface area contributed by atoms with E-state index in [4.69, 9.17) is 9.47 Å². The number of rotatable bonds is 6. The Kier molecular flexibility index (Phi) is 6.14. The van der Waals surface area contributed by atoms with Crippen LogP contribution in [0.1, 0.15) is 19.8 Å². The fourth-order valence-electron chi connectivity index (χ4n) is 2.39. The van der Waals surface area contributed by atoms with Crippen LogP contribution in [0.5, 0.6) is 5.75 Å². The highest BCUT2D eigenvalue weighted by atomic mass is 79.9. The zero-order chi connectivity index (χ0) is 13.5. The highest BCUT2D eigenvalue weighted by Crippen LogP contribution is 2.19. The van der Waals surface area contributed by atoms with Crippen LogP contribution in [0.3, 0.4) is 0 Å². The van der Waals surface area contributed by atoms with Gasteiger partial charge in [0.15, 0.2) is 0 Å². The number of ether oxygens (including phenoxy) is 2. The third-order valence-corrected chi connectivity index (χ3v) is 4.10. The maximum atomic E-state index is 5.71. The molecule has 1 aliphatic rings. The number of hydrogen-bond acceptors (Lipinski definition) is 3. The predicted octanol–water partition coefficient (Wildman–Crippen LogP) is 3.23. The van der Waals surface area contributed by atoms with Crippen LogP contribution in [0.15, 0.2) is 28.7 Å². The molecule has 0 saturated carbocycles. The Morgan fingerprint density at radius 1 is 1.42 bits per heavy atom. The zero-order valence-electron chi connectivity index (χ0n) is 11.4. The first kappa shape index (κ1) is 14.8. The second-order valence-corrected chi connectivity index (χ2v) is 5.91. The summed E-state index contributed by atoms with van der Waals surface area (Å²) >= 11 is 3.44. The molecule has 1 N–H and O–H groups in total. The minimum absolute atomic E-state index is 0.537. The smallest absolute Gasteiger partial charge is 0.120 e. The number of nitrogens with one attached hydrogen (secondary N) is 1. The van der Waals surface area contributed by atoms with E-state index in [-0.39, 0.29) is 0 Å². The molecule has 0 aliphatic carbocycles. The van der Waals surface area contributed by atoms with E-state index in [2.05, 4.69) is 28.2 Å². The Balaban J connectivity index is 1.63. The Morgan fingerprint density at radius 2 is 2.21 bits per heavy atom. The van der Waals surface area contributed by atoms with E-state index in [0.29, 0.717) is 12.6 Å². The van der Waals surface area contributed by atoms with E-state index in [9.17, 15) is 0 Å². The molecular weight excluding hydrogens is 306 g/mol. The third-order valence-electron chi connectivity index (χ3n) is 3.61. The van der Waals surface area contributed by atoms with E-state index < -0.39 is 0 Å². The molecule has 1 aromatic rings. The Bertz CT molecular complexity index is 380. The van der Waals surface area contributed by atoms with Gasteiger partial charge in [-0.25, -0.2) is 0 Å². The van der Waals surface area contributed by atoms with Gasteiger partial charge in [-0.3, -0.25) is 0 Å². The van der Waals surface area contributed by atoms with Crippen molar-refractivity contribution in [2.24, 2.45) is 5.92 Å². The van der Waals surface area contributed by atoms with Crippen LogP contribution in [0.4, 0.5) is 0 Å². The Hall–Kier alpha value is -0.580. The van der Waals surface area contributed by atoms with Gasteiger partial charge in [0.1, 0.15) is 12.4 Å². The molecule has 0 spiro atoms. The zero-order valence-corrected chi connectivity index (χ0v) is 13.0. The molecule has 1 fully saturated rings. The van der Waals surface area contributed by atoms with Crippen LogP contribution in [-0.2, 0) is 4.74 Å². The fourth-order valence-corrected chi connectivity index (χ4v) is 2.77. The summed E-state index contributed by atoms with van der Waals surface area (Å²) in [5, 5.41) is 3.54. The highest BCUT2D eigenvalue weighted by molar-refractivity contribution is 9.10. The van der Waals surface area contributed by atoms with Crippen LogP contribution < -0.4 is 10.1 Å². The van der Waals surface area contributed by atoms with E-state index in [1.165, 1.54) is 12.8 Å². The molecule has 0 aromatic heterocycles. The monoisotopic (exact) mass is 327 g/mol. The summed E-state index contributed by atoms with van der Waals surface area (Å²) < 4.78 is 12.1. The van der Waals surface area contributed by atoms with Gasteiger partial charge in [-0.2, -0.15) is 0 Å². The van der Waals surface area contributed by atoms with Crippen molar-refractivity contribution in [2.45, 2.75) is 25.8 Å². The number of benzene rings is 1. The van der Waals surface area contributed by atoms with Crippen LogP contribution >= 0.6 is 15.9 Å². The summed E-state index contributed by atoms with van der Waals surface area (Å²) in [4.78, 5) is 0. The second-order valence-electron chi connectivity index (χ2n) is 5.00. The fraction of sp³-hybridized carbons (Fsp3) is 0.600. The summed E-state index contributed by atoms with van der Waals surface area (Å²) in [5.74, 6) is 1.65. The first-order chi connectivity index (χ1) is 9.25. The van der Waals surface area contributed by atoms with Gasteiger partial charge in [-0.15, -0.1) is 0 Å². The molecular formula is C15H22BrNO2. The molecule has 0 amide bonds. The second kappa shape index (κ2) is 7.88. The molecule has 0 bridgehead atoms. The summed E-state index contributed by atoms with van der Waals surface area (Å²) in [6, 6.07) is 8.49. The lowest BCUT2D eigenvalue weighted by Gasteiger charge is -2.28. The van der Waals surface area contributed by atoms with Crippen LogP contribution in [0.25, 0.3) is 0 Å². The summed E-state index contributed by atoms with van der Waals surface area (Å²) in [6.07, 6.45) is 2.33. The molecule has 1 unspecified atom stereocenters. The molecule has 1 heterocycles. The average Bonchev–Trinajstić information content (AvgIpc) is 2.44.